The van der Waals surface area contributed by atoms with Gasteiger partial charge in [0.15, 0.2) is 0 Å². The van der Waals surface area contributed by atoms with Crippen LogP contribution in [0.15, 0.2) is 36.7 Å². The van der Waals surface area contributed by atoms with Crippen LogP contribution >= 0.6 is 0 Å². The molecule has 2 rings (SSSR count). The fraction of sp³-hybridized carbons (Fsp3) is 0.267. The lowest BCUT2D eigenvalue weighted by Gasteiger charge is -2.10. The van der Waals surface area contributed by atoms with E-state index in [-0.39, 0.29) is 6.42 Å². The maximum atomic E-state index is 10.6. The van der Waals surface area contributed by atoms with E-state index < -0.39 is 5.97 Å². The molecule has 6 heteroatoms. The second kappa shape index (κ2) is 6.69. The molecular weight excluding hydrogens is 268 g/mol. The van der Waals surface area contributed by atoms with Gasteiger partial charge in [-0.1, -0.05) is 12.1 Å². The minimum Gasteiger partial charge on any atom is -0.481 e. The molecule has 0 aliphatic heterocycles. The maximum absolute atomic E-state index is 10.6. The van der Waals surface area contributed by atoms with Crippen molar-refractivity contribution in [1.82, 2.24) is 9.97 Å². The topological polar surface area (TPSA) is 78.4 Å². The number of carboxylic acids is 1. The monoisotopic (exact) mass is 286 g/mol. The molecule has 1 aromatic carbocycles. The number of benzene rings is 1. The minimum atomic E-state index is -0.825. The molecule has 0 spiro atoms. The molecule has 0 bridgehead atoms. The zero-order valence-corrected chi connectivity index (χ0v) is 12.1. The average Bonchev–Trinajstić information content (AvgIpc) is 2.46. The standard InChI is InChI=1S/C15H18N4O2/c1-19(2)15-17-9-12(10-18-15)8-16-13-5-3-11(4-6-13)7-14(20)21/h3-6,9-10,16H,7-8H2,1-2H3,(H,20,21). The fourth-order valence-electron chi connectivity index (χ4n) is 1.79. The van der Waals surface area contributed by atoms with Crippen molar-refractivity contribution < 1.29 is 9.90 Å². The van der Waals surface area contributed by atoms with E-state index in [1.165, 1.54) is 0 Å². The Kier molecular flexibility index (Phi) is 4.71. The number of anilines is 2. The molecule has 0 unspecified atom stereocenters. The average molecular weight is 286 g/mol. The number of nitrogens with one attached hydrogen (secondary N) is 1. The molecule has 0 amide bonds. The van der Waals surface area contributed by atoms with Crippen molar-refractivity contribution in [2.24, 2.45) is 0 Å². The molecule has 0 aliphatic rings. The molecule has 1 heterocycles. The van der Waals surface area contributed by atoms with E-state index in [0.29, 0.717) is 12.5 Å². The lowest BCUT2D eigenvalue weighted by atomic mass is 10.1. The Balaban J connectivity index is 1.91. The Morgan fingerprint density at radius 3 is 2.29 bits per heavy atom. The number of nitrogens with zero attached hydrogens (tertiary/aromatic N) is 3. The highest BCUT2D eigenvalue weighted by Gasteiger charge is 2.02. The number of rotatable bonds is 6. The Morgan fingerprint density at radius 1 is 1.14 bits per heavy atom. The summed E-state index contributed by atoms with van der Waals surface area (Å²) in [6, 6.07) is 7.35. The van der Waals surface area contributed by atoms with Crippen LogP contribution in [0.25, 0.3) is 0 Å². The van der Waals surface area contributed by atoms with E-state index in [1.54, 1.807) is 12.4 Å². The summed E-state index contributed by atoms with van der Waals surface area (Å²) in [5.41, 5.74) is 2.70. The highest BCUT2D eigenvalue weighted by Crippen LogP contribution is 2.12. The van der Waals surface area contributed by atoms with Crippen molar-refractivity contribution in [3.8, 4) is 0 Å². The predicted molar refractivity (Wildman–Crippen MR) is 81.5 cm³/mol. The predicted octanol–water partition coefficient (Wildman–Crippen LogP) is 1.78. The summed E-state index contributed by atoms with van der Waals surface area (Å²) in [6.07, 6.45) is 3.61. The molecule has 0 saturated heterocycles. The second-order valence-corrected chi connectivity index (χ2v) is 4.91. The maximum Gasteiger partial charge on any atom is 0.307 e. The van der Waals surface area contributed by atoms with Gasteiger partial charge in [0.25, 0.3) is 0 Å². The number of aliphatic carboxylic acids is 1. The van der Waals surface area contributed by atoms with Crippen LogP contribution in [0.1, 0.15) is 11.1 Å². The van der Waals surface area contributed by atoms with Crippen molar-refractivity contribution in [1.29, 1.82) is 0 Å². The van der Waals surface area contributed by atoms with Crippen molar-refractivity contribution in [3.05, 3.63) is 47.8 Å². The molecule has 2 N–H and O–H groups in total. The molecular formula is C15H18N4O2. The van der Waals surface area contributed by atoms with Gasteiger partial charge in [-0.2, -0.15) is 0 Å². The van der Waals surface area contributed by atoms with E-state index >= 15 is 0 Å². The van der Waals surface area contributed by atoms with Crippen LogP contribution in [-0.2, 0) is 17.8 Å². The Hall–Kier alpha value is -2.63. The Morgan fingerprint density at radius 2 is 1.76 bits per heavy atom. The molecule has 6 nitrogen and oxygen atoms in total. The van der Waals surface area contributed by atoms with Crippen molar-refractivity contribution >= 4 is 17.6 Å². The second-order valence-electron chi connectivity index (χ2n) is 4.91. The van der Waals surface area contributed by atoms with Crippen LogP contribution in [0.2, 0.25) is 0 Å². The molecule has 21 heavy (non-hydrogen) atoms. The fourth-order valence-corrected chi connectivity index (χ4v) is 1.79. The van der Waals surface area contributed by atoms with Crippen molar-refractivity contribution in [3.63, 3.8) is 0 Å². The summed E-state index contributed by atoms with van der Waals surface area (Å²) in [4.78, 5) is 20.9. The number of carboxylic acid groups (broad SMARTS) is 1. The zero-order valence-electron chi connectivity index (χ0n) is 12.1. The normalized spacial score (nSPS) is 10.2. The van der Waals surface area contributed by atoms with Gasteiger partial charge in [0, 0.05) is 44.3 Å². The third kappa shape index (κ3) is 4.45. The summed E-state index contributed by atoms with van der Waals surface area (Å²) in [5.74, 6) is -0.148. The number of hydrogen-bond donors (Lipinski definition) is 2. The summed E-state index contributed by atoms with van der Waals surface area (Å²) >= 11 is 0. The molecule has 0 atom stereocenters. The minimum absolute atomic E-state index is 0.0418. The first-order valence-electron chi connectivity index (χ1n) is 6.57. The molecule has 1 aromatic heterocycles. The largest absolute Gasteiger partial charge is 0.481 e. The number of hydrogen-bond acceptors (Lipinski definition) is 5. The van der Waals surface area contributed by atoms with Gasteiger partial charge < -0.3 is 15.3 Å². The van der Waals surface area contributed by atoms with Crippen molar-refractivity contribution in [2.75, 3.05) is 24.3 Å². The Labute approximate surface area is 123 Å². The van der Waals surface area contributed by atoms with Gasteiger partial charge in [0.1, 0.15) is 0 Å². The summed E-state index contributed by atoms with van der Waals surface area (Å²) in [5, 5.41) is 12.0. The van der Waals surface area contributed by atoms with Gasteiger partial charge in [-0.15, -0.1) is 0 Å². The first-order valence-corrected chi connectivity index (χ1v) is 6.57. The van der Waals surface area contributed by atoms with Gasteiger partial charge in [-0.25, -0.2) is 9.97 Å². The summed E-state index contributed by atoms with van der Waals surface area (Å²) in [6.45, 7) is 0.617. The van der Waals surface area contributed by atoms with Crippen molar-refractivity contribution in [2.45, 2.75) is 13.0 Å². The lowest BCUT2D eigenvalue weighted by Crippen LogP contribution is -2.13. The van der Waals surface area contributed by atoms with Gasteiger partial charge in [0.2, 0.25) is 5.95 Å². The van der Waals surface area contributed by atoms with E-state index in [1.807, 2.05) is 43.3 Å². The molecule has 0 fully saturated rings. The van der Waals surface area contributed by atoms with Gasteiger partial charge >= 0.3 is 5.97 Å². The highest BCUT2D eigenvalue weighted by atomic mass is 16.4. The molecule has 2 aromatic rings. The zero-order chi connectivity index (χ0) is 15.2. The van der Waals surface area contributed by atoms with Crippen LogP contribution in [0.5, 0.6) is 0 Å². The van der Waals surface area contributed by atoms with Gasteiger partial charge in [-0.3, -0.25) is 4.79 Å². The SMILES string of the molecule is CN(C)c1ncc(CNc2ccc(CC(=O)O)cc2)cn1. The van der Waals surface area contributed by atoms with Gasteiger partial charge in [-0.05, 0) is 17.7 Å². The molecule has 0 saturated carbocycles. The number of carbonyl (C=O) groups is 1. The molecule has 0 radical (unpaired) electrons. The van der Waals surface area contributed by atoms with Gasteiger partial charge in [0.05, 0.1) is 6.42 Å². The third-order valence-corrected chi connectivity index (χ3v) is 2.90. The van der Waals surface area contributed by atoms with Crippen LogP contribution in [-0.4, -0.2) is 35.1 Å². The van der Waals surface area contributed by atoms with E-state index in [4.69, 9.17) is 5.11 Å². The smallest absolute Gasteiger partial charge is 0.307 e. The first-order chi connectivity index (χ1) is 10.0. The van der Waals surface area contributed by atoms with E-state index in [0.717, 1.165) is 16.8 Å². The first kappa shape index (κ1) is 14.8. The molecule has 0 aliphatic carbocycles. The van der Waals surface area contributed by atoms with Crippen LogP contribution in [0, 0.1) is 0 Å². The summed E-state index contributed by atoms with van der Waals surface area (Å²) < 4.78 is 0. The summed E-state index contributed by atoms with van der Waals surface area (Å²) in [7, 11) is 3.79. The quantitative estimate of drug-likeness (QED) is 0.843. The third-order valence-electron chi connectivity index (χ3n) is 2.90. The Bertz CT molecular complexity index is 594. The van der Waals surface area contributed by atoms with Crippen LogP contribution in [0.4, 0.5) is 11.6 Å². The van der Waals surface area contributed by atoms with Crippen LogP contribution < -0.4 is 10.2 Å². The highest BCUT2D eigenvalue weighted by molar-refractivity contribution is 5.70. The molecule has 110 valence electrons. The number of aromatic nitrogens is 2. The van der Waals surface area contributed by atoms with E-state index in [9.17, 15) is 4.79 Å². The van der Waals surface area contributed by atoms with E-state index in [2.05, 4.69) is 15.3 Å². The van der Waals surface area contributed by atoms with Crippen LogP contribution in [0.3, 0.4) is 0 Å². The lowest BCUT2D eigenvalue weighted by molar-refractivity contribution is -0.136.